The van der Waals surface area contributed by atoms with Crippen molar-refractivity contribution in [3.05, 3.63) is 75.2 Å². The van der Waals surface area contributed by atoms with Gasteiger partial charge in [0, 0.05) is 30.2 Å². The first kappa shape index (κ1) is 19.4. The van der Waals surface area contributed by atoms with Crippen LogP contribution in [0.2, 0.25) is 5.02 Å². The zero-order valence-corrected chi connectivity index (χ0v) is 17.0. The van der Waals surface area contributed by atoms with E-state index in [4.69, 9.17) is 11.6 Å². The molecule has 148 valence electrons. The van der Waals surface area contributed by atoms with E-state index in [1.807, 2.05) is 35.7 Å². The summed E-state index contributed by atoms with van der Waals surface area (Å²) in [5, 5.41) is 10.4. The Morgan fingerprint density at radius 3 is 2.83 bits per heavy atom. The fourth-order valence-electron chi connectivity index (χ4n) is 2.94. The quantitative estimate of drug-likeness (QED) is 0.460. The van der Waals surface area contributed by atoms with Gasteiger partial charge in [-0.1, -0.05) is 35.9 Å². The molecular formula is C20H18ClN5O2S. The van der Waals surface area contributed by atoms with Crippen molar-refractivity contribution in [3.8, 4) is 10.6 Å². The van der Waals surface area contributed by atoms with Gasteiger partial charge in [0.1, 0.15) is 5.01 Å². The molecule has 0 saturated carbocycles. The summed E-state index contributed by atoms with van der Waals surface area (Å²) in [7, 11) is 0. The highest BCUT2D eigenvalue weighted by Crippen LogP contribution is 2.30. The predicted octanol–water partition coefficient (Wildman–Crippen LogP) is 3.02. The lowest BCUT2D eigenvalue weighted by atomic mass is 10.2. The smallest absolute Gasteiger partial charge is 0.350 e. The molecule has 0 spiro atoms. The van der Waals surface area contributed by atoms with Crippen LogP contribution in [0.1, 0.15) is 12.1 Å². The lowest BCUT2D eigenvalue weighted by Gasteiger charge is -2.04. The van der Waals surface area contributed by atoms with Crippen LogP contribution in [0.25, 0.3) is 16.2 Å². The number of pyridine rings is 1. The van der Waals surface area contributed by atoms with Gasteiger partial charge in [-0.25, -0.2) is 14.5 Å². The number of thiazole rings is 1. The largest absolute Gasteiger partial charge is 0.356 e. The van der Waals surface area contributed by atoms with Gasteiger partial charge in [0.25, 0.3) is 0 Å². The third-order valence-electron chi connectivity index (χ3n) is 4.35. The maximum Gasteiger partial charge on any atom is 0.350 e. The normalized spacial score (nSPS) is 11.1. The molecule has 4 rings (SSSR count). The summed E-state index contributed by atoms with van der Waals surface area (Å²) in [5.41, 5.74) is 2.00. The van der Waals surface area contributed by atoms with Crippen molar-refractivity contribution >= 4 is 34.5 Å². The van der Waals surface area contributed by atoms with Crippen LogP contribution in [0.15, 0.2) is 58.8 Å². The average molecular weight is 428 g/mol. The number of carbonyl (C=O) groups excluding carboxylic acids is 1. The molecular weight excluding hydrogens is 410 g/mol. The van der Waals surface area contributed by atoms with E-state index < -0.39 is 0 Å². The Balaban J connectivity index is 1.28. The minimum Gasteiger partial charge on any atom is -0.356 e. The topological polar surface area (TPSA) is 81.3 Å². The standard InChI is InChI=1S/C20H18ClN5O2S/c21-16-7-2-1-6-15(16)19-23-14(13-29-19)12-18(27)22-9-5-11-26-20(28)25-10-4-3-8-17(25)24-26/h1-4,6-8,10,13H,5,9,11-12H2,(H,22,27). The van der Waals surface area contributed by atoms with E-state index in [0.717, 1.165) is 10.6 Å². The molecule has 0 fully saturated rings. The van der Waals surface area contributed by atoms with Crippen molar-refractivity contribution in [2.75, 3.05) is 6.54 Å². The molecule has 0 aliphatic heterocycles. The SMILES string of the molecule is O=C(Cc1csc(-c2ccccc2Cl)n1)NCCCn1nc2ccccn2c1=O. The maximum absolute atomic E-state index is 12.2. The van der Waals surface area contributed by atoms with Crippen molar-refractivity contribution in [2.24, 2.45) is 0 Å². The summed E-state index contributed by atoms with van der Waals surface area (Å²) in [6.45, 7) is 0.898. The minimum absolute atomic E-state index is 0.108. The molecule has 4 aromatic rings. The molecule has 1 N–H and O–H groups in total. The zero-order chi connectivity index (χ0) is 20.2. The van der Waals surface area contributed by atoms with Crippen LogP contribution in [0.3, 0.4) is 0 Å². The molecule has 9 heteroatoms. The van der Waals surface area contributed by atoms with Gasteiger partial charge in [0.15, 0.2) is 5.65 Å². The van der Waals surface area contributed by atoms with E-state index >= 15 is 0 Å². The molecule has 0 bridgehead atoms. The minimum atomic E-state index is -0.179. The number of aryl methyl sites for hydroxylation is 1. The van der Waals surface area contributed by atoms with Crippen molar-refractivity contribution < 1.29 is 4.79 Å². The molecule has 0 radical (unpaired) electrons. The van der Waals surface area contributed by atoms with Gasteiger partial charge in [0.05, 0.1) is 17.1 Å². The first-order valence-electron chi connectivity index (χ1n) is 9.12. The molecule has 1 amide bonds. The predicted molar refractivity (Wildman–Crippen MR) is 113 cm³/mol. The zero-order valence-electron chi connectivity index (χ0n) is 15.4. The average Bonchev–Trinajstić information content (AvgIpc) is 3.30. The van der Waals surface area contributed by atoms with E-state index in [9.17, 15) is 9.59 Å². The molecule has 3 heterocycles. The fourth-order valence-corrected chi connectivity index (χ4v) is 4.08. The van der Waals surface area contributed by atoms with Crippen LogP contribution < -0.4 is 11.0 Å². The third kappa shape index (κ3) is 4.38. The number of halogens is 1. The van der Waals surface area contributed by atoms with Crippen molar-refractivity contribution in [1.29, 1.82) is 0 Å². The van der Waals surface area contributed by atoms with Gasteiger partial charge in [-0.05, 0) is 24.6 Å². The first-order valence-corrected chi connectivity index (χ1v) is 10.4. The summed E-state index contributed by atoms with van der Waals surface area (Å²) >= 11 is 7.67. The van der Waals surface area contributed by atoms with Gasteiger partial charge in [-0.3, -0.25) is 9.20 Å². The molecule has 3 aromatic heterocycles. The summed E-state index contributed by atoms with van der Waals surface area (Å²) in [6, 6.07) is 12.9. The van der Waals surface area contributed by atoms with Gasteiger partial charge in [-0.2, -0.15) is 0 Å². The van der Waals surface area contributed by atoms with Gasteiger partial charge in [0.2, 0.25) is 5.91 Å². The summed E-state index contributed by atoms with van der Waals surface area (Å²) in [4.78, 5) is 28.9. The monoisotopic (exact) mass is 427 g/mol. The van der Waals surface area contributed by atoms with Crippen LogP contribution in [-0.4, -0.2) is 31.6 Å². The van der Waals surface area contributed by atoms with E-state index in [2.05, 4.69) is 15.4 Å². The number of amides is 1. The Bertz CT molecular complexity index is 1210. The number of hydrogen-bond acceptors (Lipinski definition) is 5. The van der Waals surface area contributed by atoms with Crippen molar-refractivity contribution in [3.63, 3.8) is 0 Å². The highest BCUT2D eigenvalue weighted by atomic mass is 35.5. The number of fused-ring (bicyclic) bond motifs is 1. The van der Waals surface area contributed by atoms with E-state index in [1.54, 1.807) is 18.3 Å². The number of carbonyl (C=O) groups is 1. The molecule has 0 unspecified atom stereocenters. The number of rotatable bonds is 7. The third-order valence-corrected chi connectivity index (χ3v) is 5.61. The Morgan fingerprint density at radius 2 is 2.00 bits per heavy atom. The van der Waals surface area contributed by atoms with Crippen LogP contribution in [-0.2, 0) is 17.8 Å². The Morgan fingerprint density at radius 1 is 1.17 bits per heavy atom. The highest BCUT2D eigenvalue weighted by Gasteiger charge is 2.11. The number of nitrogens with zero attached hydrogens (tertiary/aromatic N) is 4. The summed E-state index contributed by atoms with van der Waals surface area (Å²) in [5.74, 6) is -0.108. The number of hydrogen-bond donors (Lipinski definition) is 1. The molecule has 0 saturated heterocycles. The second-order valence-corrected chi connectivity index (χ2v) is 7.70. The van der Waals surface area contributed by atoms with E-state index in [1.165, 1.54) is 20.4 Å². The van der Waals surface area contributed by atoms with E-state index in [-0.39, 0.29) is 18.0 Å². The van der Waals surface area contributed by atoms with Crippen LogP contribution >= 0.6 is 22.9 Å². The summed E-state index contributed by atoms with van der Waals surface area (Å²) < 4.78 is 2.91. The number of nitrogens with one attached hydrogen (secondary N) is 1. The Hall–Kier alpha value is -2.97. The van der Waals surface area contributed by atoms with Gasteiger partial charge in [-0.15, -0.1) is 16.4 Å². The molecule has 29 heavy (non-hydrogen) atoms. The summed E-state index contributed by atoms with van der Waals surface area (Å²) in [6.07, 6.45) is 2.50. The van der Waals surface area contributed by atoms with Crippen LogP contribution in [0.5, 0.6) is 0 Å². The van der Waals surface area contributed by atoms with Crippen molar-refractivity contribution in [2.45, 2.75) is 19.4 Å². The van der Waals surface area contributed by atoms with Crippen molar-refractivity contribution in [1.82, 2.24) is 24.5 Å². The van der Waals surface area contributed by atoms with Gasteiger partial charge < -0.3 is 5.32 Å². The molecule has 0 atom stereocenters. The molecule has 1 aromatic carbocycles. The molecule has 7 nitrogen and oxygen atoms in total. The lowest BCUT2D eigenvalue weighted by molar-refractivity contribution is -0.120. The van der Waals surface area contributed by atoms with E-state index in [0.29, 0.717) is 35.9 Å². The number of aromatic nitrogens is 4. The Labute approximate surface area is 175 Å². The Kier molecular flexibility index (Phi) is 5.73. The second kappa shape index (κ2) is 8.59. The fraction of sp³-hybridized carbons (Fsp3) is 0.200. The molecule has 0 aliphatic carbocycles. The van der Waals surface area contributed by atoms with Crippen LogP contribution in [0.4, 0.5) is 0 Å². The second-order valence-electron chi connectivity index (χ2n) is 6.44. The highest BCUT2D eigenvalue weighted by molar-refractivity contribution is 7.13. The van der Waals surface area contributed by atoms with Gasteiger partial charge >= 0.3 is 5.69 Å². The first-order chi connectivity index (χ1) is 14.1. The molecule has 0 aliphatic rings. The maximum atomic E-state index is 12.2. The lowest BCUT2D eigenvalue weighted by Crippen LogP contribution is -2.28. The number of benzene rings is 1. The van der Waals surface area contributed by atoms with Crippen LogP contribution in [0, 0.1) is 0 Å².